The van der Waals surface area contributed by atoms with Gasteiger partial charge in [0.15, 0.2) is 0 Å². The van der Waals surface area contributed by atoms with E-state index in [2.05, 4.69) is 19.9 Å². The lowest BCUT2D eigenvalue weighted by Crippen LogP contribution is -2.39. The van der Waals surface area contributed by atoms with E-state index in [4.69, 9.17) is 0 Å². The number of halogens is 1. The molecule has 0 atom stereocenters. The summed E-state index contributed by atoms with van der Waals surface area (Å²) in [5.41, 5.74) is 0.00529. The van der Waals surface area contributed by atoms with Crippen molar-refractivity contribution in [3.63, 3.8) is 0 Å². The van der Waals surface area contributed by atoms with Crippen molar-refractivity contribution in [2.75, 3.05) is 27.3 Å². The number of sulfonamides is 1. The molecular formula is C18H23FN6O3S2. The molecule has 162 valence electrons. The van der Waals surface area contributed by atoms with Gasteiger partial charge in [-0.3, -0.25) is 0 Å². The number of rotatable bonds is 8. The summed E-state index contributed by atoms with van der Waals surface area (Å²) < 4.78 is 43.7. The largest absolute Gasteiger partial charge is 0.332 e. The number of fused-ring (bicyclic) bond motifs is 1. The maximum absolute atomic E-state index is 13.4. The van der Waals surface area contributed by atoms with Crippen LogP contribution in [0.3, 0.4) is 0 Å². The molecule has 1 saturated carbocycles. The molecule has 4 rings (SSSR count). The SMILES string of the molecule is Cc1nnc(-n2c(=O)[nH]c3ccc(S(=O)(=O)NC4(CF)CC4)c(CCN(C)C)c32)s1. The normalized spacial score (nSPS) is 15.9. The quantitative estimate of drug-likeness (QED) is 0.532. The third-order valence-corrected chi connectivity index (χ3v) is 7.66. The summed E-state index contributed by atoms with van der Waals surface area (Å²) in [5, 5.41) is 9.09. The van der Waals surface area contributed by atoms with E-state index in [1.165, 1.54) is 22.0 Å². The summed E-state index contributed by atoms with van der Waals surface area (Å²) in [6.07, 6.45) is 1.31. The fourth-order valence-electron chi connectivity index (χ4n) is 3.39. The molecule has 0 bridgehead atoms. The van der Waals surface area contributed by atoms with E-state index in [0.717, 1.165) is 0 Å². The van der Waals surface area contributed by atoms with Crippen molar-refractivity contribution in [1.29, 1.82) is 0 Å². The van der Waals surface area contributed by atoms with E-state index in [1.807, 2.05) is 19.0 Å². The molecule has 0 saturated heterocycles. The summed E-state index contributed by atoms with van der Waals surface area (Å²) in [4.78, 5) is 17.5. The summed E-state index contributed by atoms with van der Waals surface area (Å²) in [7, 11) is -0.228. The summed E-state index contributed by atoms with van der Waals surface area (Å²) in [5.74, 6) is 0. The number of aromatic amines is 1. The molecule has 12 heteroatoms. The topological polar surface area (TPSA) is 113 Å². The van der Waals surface area contributed by atoms with Crippen LogP contribution in [0.25, 0.3) is 16.2 Å². The van der Waals surface area contributed by atoms with Crippen LogP contribution in [-0.4, -0.2) is 65.9 Å². The number of likely N-dealkylation sites (N-methyl/N-ethyl adjacent to an activating group) is 1. The average molecular weight is 455 g/mol. The van der Waals surface area contributed by atoms with Crippen LogP contribution in [0.1, 0.15) is 23.4 Å². The third kappa shape index (κ3) is 3.80. The van der Waals surface area contributed by atoms with Crippen molar-refractivity contribution < 1.29 is 12.8 Å². The standard InChI is InChI=1S/C18H23FN6O3S2/c1-11-21-22-17(29-11)25-15-12(6-9-24(2)3)14(5-4-13(15)20-16(25)26)30(27,28)23-18(10-19)7-8-18/h4-5,23H,6-10H2,1-3H3,(H,20,26). The molecule has 2 aromatic heterocycles. The van der Waals surface area contributed by atoms with Crippen LogP contribution in [0.5, 0.6) is 0 Å². The van der Waals surface area contributed by atoms with Gasteiger partial charge in [-0.2, -0.15) is 0 Å². The summed E-state index contributed by atoms with van der Waals surface area (Å²) in [6.45, 7) is 1.59. The number of imidazole rings is 1. The Morgan fingerprint density at radius 1 is 1.33 bits per heavy atom. The molecule has 1 aliphatic rings. The van der Waals surface area contributed by atoms with Crippen molar-refractivity contribution >= 4 is 32.4 Å². The third-order valence-electron chi connectivity index (χ3n) is 5.17. The van der Waals surface area contributed by atoms with E-state index in [0.29, 0.717) is 52.5 Å². The summed E-state index contributed by atoms with van der Waals surface area (Å²) >= 11 is 1.24. The Hall–Kier alpha value is -2.15. The van der Waals surface area contributed by atoms with Crippen LogP contribution in [0, 0.1) is 6.92 Å². The van der Waals surface area contributed by atoms with E-state index in [1.54, 1.807) is 13.0 Å². The Morgan fingerprint density at radius 3 is 2.63 bits per heavy atom. The van der Waals surface area contributed by atoms with Crippen molar-refractivity contribution in [1.82, 2.24) is 29.4 Å². The van der Waals surface area contributed by atoms with Crippen LogP contribution in [0.2, 0.25) is 0 Å². The Morgan fingerprint density at radius 2 is 2.07 bits per heavy atom. The number of hydrogen-bond acceptors (Lipinski definition) is 7. The van der Waals surface area contributed by atoms with E-state index in [9.17, 15) is 17.6 Å². The lowest BCUT2D eigenvalue weighted by molar-refractivity contribution is 0.392. The zero-order valence-corrected chi connectivity index (χ0v) is 18.5. The molecule has 9 nitrogen and oxygen atoms in total. The van der Waals surface area contributed by atoms with Crippen LogP contribution < -0.4 is 10.4 Å². The minimum absolute atomic E-state index is 0.0468. The second-order valence-corrected chi connectivity index (χ2v) is 10.7. The first-order valence-corrected chi connectivity index (χ1v) is 11.8. The zero-order valence-electron chi connectivity index (χ0n) is 16.9. The van der Waals surface area contributed by atoms with Gasteiger partial charge in [0.1, 0.15) is 11.7 Å². The number of H-pyrrole nitrogens is 1. The summed E-state index contributed by atoms with van der Waals surface area (Å²) in [6, 6.07) is 3.03. The molecule has 2 heterocycles. The van der Waals surface area contributed by atoms with E-state index < -0.39 is 27.9 Å². The van der Waals surface area contributed by atoms with Gasteiger partial charge in [-0.05, 0) is 58.0 Å². The van der Waals surface area contributed by atoms with Crippen molar-refractivity contribution in [3.8, 4) is 5.13 Å². The molecule has 1 aromatic carbocycles. The van der Waals surface area contributed by atoms with Gasteiger partial charge in [-0.25, -0.2) is 26.9 Å². The minimum atomic E-state index is -3.99. The maximum atomic E-state index is 13.4. The highest BCUT2D eigenvalue weighted by Crippen LogP contribution is 2.38. The van der Waals surface area contributed by atoms with Crippen LogP contribution in [0.15, 0.2) is 21.8 Å². The van der Waals surface area contributed by atoms with Crippen LogP contribution in [0.4, 0.5) is 4.39 Å². The van der Waals surface area contributed by atoms with Crippen LogP contribution in [-0.2, 0) is 16.4 Å². The predicted molar refractivity (Wildman–Crippen MR) is 113 cm³/mol. The van der Waals surface area contributed by atoms with Crippen molar-refractivity contribution in [2.24, 2.45) is 0 Å². The monoisotopic (exact) mass is 454 g/mol. The number of aryl methyl sites for hydroxylation is 1. The zero-order chi connectivity index (χ0) is 21.7. The highest BCUT2D eigenvalue weighted by atomic mass is 32.2. The van der Waals surface area contributed by atoms with Crippen molar-refractivity contribution in [2.45, 2.75) is 36.6 Å². The fourth-order valence-corrected chi connectivity index (χ4v) is 5.79. The van der Waals surface area contributed by atoms with Crippen LogP contribution >= 0.6 is 11.3 Å². The molecule has 0 radical (unpaired) electrons. The predicted octanol–water partition coefficient (Wildman–Crippen LogP) is 1.36. The van der Waals surface area contributed by atoms with Gasteiger partial charge in [0.05, 0.1) is 21.5 Å². The molecule has 1 fully saturated rings. The molecule has 0 spiro atoms. The van der Waals surface area contributed by atoms with Crippen molar-refractivity contribution in [3.05, 3.63) is 33.2 Å². The lowest BCUT2D eigenvalue weighted by Gasteiger charge is -2.18. The number of nitrogens with zero attached hydrogens (tertiary/aromatic N) is 4. The molecule has 2 N–H and O–H groups in total. The van der Waals surface area contributed by atoms with E-state index >= 15 is 0 Å². The molecule has 3 aromatic rings. The smallest absolute Gasteiger partial charge is 0.309 e. The van der Waals surface area contributed by atoms with Gasteiger partial charge in [-0.1, -0.05) is 11.3 Å². The number of nitrogens with one attached hydrogen (secondary N) is 2. The lowest BCUT2D eigenvalue weighted by atomic mass is 10.1. The van der Waals surface area contributed by atoms with Gasteiger partial charge < -0.3 is 9.88 Å². The van der Waals surface area contributed by atoms with Gasteiger partial charge in [0.2, 0.25) is 15.2 Å². The maximum Gasteiger partial charge on any atom is 0.332 e. The van der Waals surface area contributed by atoms with Gasteiger partial charge in [0, 0.05) is 6.54 Å². The Bertz CT molecular complexity index is 1260. The first kappa shape index (κ1) is 21.1. The second-order valence-electron chi connectivity index (χ2n) is 7.88. The Kier molecular flexibility index (Phi) is 5.29. The van der Waals surface area contributed by atoms with Gasteiger partial charge >= 0.3 is 5.69 Å². The highest BCUT2D eigenvalue weighted by molar-refractivity contribution is 7.89. The average Bonchev–Trinajstić information content (AvgIpc) is 3.16. The molecule has 0 amide bonds. The van der Waals surface area contributed by atoms with Gasteiger partial charge in [0.25, 0.3) is 0 Å². The molecular weight excluding hydrogens is 431 g/mol. The highest BCUT2D eigenvalue weighted by Gasteiger charge is 2.46. The molecule has 0 aliphatic heterocycles. The fraction of sp³-hybridized carbons (Fsp3) is 0.500. The first-order chi connectivity index (χ1) is 14.2. The number of benzene rings is 1. The number of hydrogen-bond donors (Lipinski definition) is 2. The molecule has 0 unspecified atom stereocenters. The minimum Gasteiger partial charge on any atom is -0.309 e. The Balaban J connectivity index is 1.94. The van der Waals surface area contributed by atoms with E-state index in [-0.39, 0.29) is 4.90 Å². The Labute approximate surface area is 177 Å². The second kappa shape index (κ2) is 7.52. The molecule has 1 aliphatic carbocycles. The van der Waals surface area contributed by atoms with Gasteiger partial charge in [-0.15, -0.1) is 10.2 Å². The first-order valence-electron chi connectivity index (χ1n) is 9.47. The molecule has 30 heavy (non-hydrogen) atoms. The number of alkyl halides is 1. The number of aromatic nitrogens is 4.